The topological polar surface area (TPSA) is 169 Å². The summed E-state index contributed by atoms with van der Waals surface area (Å²) in [4.78, 5) is 67.0. The highest BCUT2D eigenvalue weighted by Crippen LogP contribution is 2.35. The molecule has 2 atom stereocenters. The summed E-state index contributed by atoms with van der Waals surface area (Å²) < 4.78 is 49.9. The Balaban J connectivity index is 0.00000139. The van der Waals surface area contributed by atoms with Gasteiger partial charge in [-0.25, -0.2) is 13.6 Å². The number of morpholine rings is 1. The zero-order chi connectivity index (χ0) is 33.5. The number of hydrogen-bond acceptors (Lipinski definition) is 11. The molecule has 0 aliphatic carbocycles. The van der Waals surface area contributed by atoms with Gasteiger partial charge in [0.1, 0.15) is 30.0 Å². The van der Waals surface area contributed by atoms with Gasteiger partial charge in [-0.15, -0.1) is 0 Å². The Hall–Kier alpha value is -4.61. The summed E-state index contributed by atoms with van der Waals surface area (Å²) in [6, 6.07) is 3.15. The van der Waals surface area contributed by atoms with Gasteiger partial charge in [0.25, 0.3) is 18.3 Å². The van der Waals surface area contributed by atoms with E-state index in [1.165, 1.54) is 16.8 Å². The lowest BCUT2D eigenvalue weighted by Gasteiger charge is -2.36. The number of nitrogens with zero attached hydrogens (tertiary/aromatic N) is 4. The minimum Gasteiger partial charge on any atom is -0.483 e. The van der Waals surface area contributed by atoms with Gasteiger partial charge >= 0.3 is 6.16 Å². The molecule has 47 heavy (non-hydrogen) atoms. The van der Waals surface area contributed by atoms with Crippen molar-refractivity contribution in [3.63, 3.8) is 0 Å². The number of amides is 2. The molecule has 6 rings (SSSR count). The van der Waals surface area contributed by atoms with Crippen LogP contribution in [0.3, 0.4) is 0 Å². The minimum atomic E-state index is -1.02. The zero-order valence-corrected chi connectivity index (χ0v) is 25.4. The number of ether oxygens (including phenoxy) is 4. The van der Waals surface area contributed by atoms with Crippen molar-refractivity contribution in [3.8, 4) is 5.75 Å². The minimum absolute atomic E-state index is 0.0201. The van der Waals surface area contributed by atoms with E-state index in [9.17, 15) is 28.0 Å². The van der Waals surface area contributed by atoms with Crippen molar-refractivity contribution in [1.29, 1.82) is 0 Å². The lowest BCUT2D eigenvalue weighted by Crippen LogP contribution is -2.50. The van der Waals surface area contributed by atoms with E-state index >= 15 is 0 Å². The molecule has 2 amide bonds. The standard InChI is InChI=1S/C29H33F2N5O8.CH2O2/c30-19-4-3-18(22(31)12-19)13-32-27(38)21-15-34-16-23-35-5-1-2-20(35)14-36(23)28(39)24(34)26(25(21)37)43-17-44-29(40)42-11-8-33-6-9-41-10-7-33;2-1-3/h3-4,12,15,20,23H,1-2,5-11,13-14,16-17H2,(H,32,38);1H,(H,2,3)/t20-,23+;/m1./s1. The van der Waals surface area contributed by atoms with Gasteiger partial charge < -0.3 is 38.8 Å². The van der Waals surface area contributed by atoms with Gasteiger partial charge in [-0.2, -0.15) is 0 Å². The number of benzene rings is 1. The molecule has 3 saturated heterocycles. The molecule has 4 aliphatic rings. The smallest absolute Gasteiger partial charge is 0.483 e. The molecule has 2 N–H and O–H groups in total. The van der Waals surface area contributed by atoms with E-state index in [2.05, 4.69) is 15.1 Å². The first kappa shape index (κ1) is 33.7. The third-order valence-corrected chi connectivity index (χ3v) is 8.44. The number of fused-ring (bicyclic) bond motifs is 4. The van der Waals surface area contributed by atoms with Crippen LogP contribution in [0.5, 0.6) is 5.75 Å². The number of rotatable bonds is 9. The number of carbonyl (C=O) groups excluding carboxylic acids is 3. The largest absolute Gasteiger partial charge is 0.511 e. The van der Waals surface area contributed by atoms with Crippen LogP contribution in [-0.4, -0.2) is 120 Å². The molecule has 3 fully saturated rings. The molecule has 0 spiro atoms. The van der Waals surface area contributed by atoms with Crippen LogP contribution >= 0.6 is 0 Å². The molecule has 0 unspecified atom stereocenters. The van der Waals surface area contributed by atoms with Crippen LogP contribution in [0.2, 0.25) is 0 Å². The summed E-state index contributed by atoms with van der Waals surface area (Å²) in [5.74, 6) is -3.33. The van der Waals surface area contributed by atoms with Crippen LogP contribution in [0.15, 0.2) is 29.2 Å². The molecule has 2 aromatic rings. The summed E-state index contributed by atoms with van der Waals surface area (Å²) in [7, 11) is 0. The summed E-state index contributed by atoms with van der Waals surface area (Å²) in [5, 5.41) is 9.37. The lowest BCUT2D eigenvalue weighted by molar-refractivity contribution is -0.122. The fourth-order valence-corrected chi connectivity index (χ4v) is 6.20. The van der Waals surface area contributed by atoms with Crippen molar-refractivity contribution in [2.24, 2.45) is 0 Å². The molecular formula is C30H35F2N5O10. The van der Waals surface area contributed by atoms with Gasteiger partial charge in [0.05, 0.1) is 19.8 Å². The molecule has 5 heterocycles. The molecule has 1 aromatic carbocycles. The van der Waals surface area contributed by atoms with Gasteiger partial charge in [0.2, 0.25) is 18.0 Å². The molecule has 17 heteroatoms. The van der Waals surface area contributed by atoms with E-state index in [0.717, 1.165) is 38.5 Å². The number of aromatic nitrogens is 1. The average molecular weight is 664 g/mol. The Kier molecular flexibility index (Phi) is 11.0. The second kappa shape index (κ2) is 15.3. The summed E-state index contributed by atoms with van der Waals surface area (Å²) in [6.45, 7) is 3.55. The van der Waals surface area contributed by atoms with Crippen LogP contribution in [0.4, 0.5) is 13.6 Å². The van der Waals surface area contributed by atoms with Crippen molar-refractivity contribution in [3.05, 3.63) is 63.1 Å². The maximum atomic E-state index is 14.1. The second-order valence-electron chi connectivity index (χ2n) is 11.2. The molecule has 4 aliphatic heterocycles. The van der Waals surface area contributed by atoms with Crippen LogP contribution in [-0.2, 0) is 32.1 Å². The third kappa shape index (κ3) is 7.69. The maximum absolute atomic E-state index is 14.1. The van der Waals surface area contributed by atoms with E-state index in [4.69, 9.17) is 28.8 Å². The average Bonchev–Trinajstić information content (AvgIpc) is 3.65. The quantitative estimate of drug-likeness (QED) is 0.221. The van der Waals surface area contributed by atoms with Gasteiger partial charge in [-0.05, 0) is 18.9 Å². The summed E-state index contributed by atoms with van der Waals surface area (Å²) in [5.41, 5.74) is -1.29. The highest BCUT2D eigenvalue weighted by Gasteiger charge is 2.48. The van der Waals surface area contributed by atoms with Crippen molar-refractivity contribution in [1.82, 2.24) is 24.6 Å². The van der Waals surface area contributed by atoms with Gasteiger partial charge in [0, 0.05) is 63.1 Å². The predicted octanol–water partition coefficient (Wildman–Crippen LogP) is 0.839. The number of hydrogen-bond donors (Lipinski definition) is 2. The van der Waals surface area contributed by atoms with E-state index in [-0.39, 0.29) is 55.2 Å². The first-order valence-electron chi connectivity index (χ1n) is 15.1. The Morgan fingerprint density at radius 3 is 2.62 bits per heavy atom. The number of carboxylic acid groups (broad SMARTS) is 1. The highest BCUT2D eigenvalue weighted by atomic mass is 19.1. The van der Waals surface area contributed by atoms with Crippen LogP contribution in [0.25, 0.3) is 0 Å². The fraction of sp³-hybridized carbons (Fsp3) is 0.500. The zero-order valence-electron chi connectivity index (χ0n) is 25.4. The second-order valence-corrected chi connectivity index (χ2v) is 11.2. The number of pyridine rings is 1. The van der Waals surface area contributed by atoms with E-state index < -0.39 is 47.6 Å². The molecule has 0 bridgehead atoms. The number of halogens is 2. The Labute approximate surface area is 267 Å². The number of nitrogens with one attached hydrogen (secondary N) is 1. The van der Waals surface area contributed by atoms with E-state index in [0.29, 0.717) is 32.4 Å². The third-order valence-electron chi connectivity index (χ3n) is 8.44. The fourth-order valence-electron chi connectivity index (χ4n) is 6.20. The first-order valence-corrected chi connectivity index (χ1v) is 15.1. The van der Waals surface area contributed by atoms with Crippen LogP contribution in [0.1, 0.15) is 39.3 Å². The van der Waals surface area contributed by atoms with Gasteiger partial charge in [0.15, 0.2) is 5.69 Å². The molecule has 254 valence electrons. The van der Waals surface area contributed by atoms with Gasteiger partial charge in [-0.1, -0.05) is 6.07 Å². The highest BCUT2D eigenvalue weighted by molar-refractivity contribution is 5.99. The normalized spacial score (nSPS) is 20.3. The summed E-state index contributed by atoms with van der Waals surface area (Å²) in [6.07, 6.45) is 1.99. The molecule has 1 aromatic heterocycles. The molecule has 15 nitrogen and oxygen atoms in total. The molecule has 0 radical (unpaired) electrons. The lowest BCUT2D eigenvalue weighted by atomic mass is 10.1. The monoisotopic (exact) mass is 663 g/mol. The molecular weight excluding hydrogens is 628 g/mol. The van der Waals surface area contributed by atoms with E-state index in [1.807, 2.05) is 0 Å². The van der Waals surface area contributed by atoms with E-state index in [1.54, 1.807) is 4.90 Å². The van der Waals surface area contributed by atoms with Crippen molar-refractivity contribution in [2.75, 3.05) is 59.3 Å². The summed E-state index contributed by atoms with van der Waals surface area (Å²) >= 11 is 0. The maximum Gasteiger partial charge on any atom is 0.511 e. The Bertz CT molecular complexity index is 1550. The van der Waals surface area contributed by atoms with Crippen molar-refractivity contribution >= 4 is 24.4 Å². The SMILES string of the molecule is O=C(OCCN1CCOCC1)OCOc1c2n(cc(C(=O)NCc3ccc(F)cc3F)c1=O)C[C@@H]1N(C[C@H]3CCCN31)C2=O.O=CO. The van der Waals surface area contributed by atoms with Gasteiger partial charge in [-0.3, -0.25) is 29.0 Å². The van der Waals surface area contributed by atoms with Crippen molar-refractivity contribution in [2.45, 2.75) is 38.1 Å². The Morgan fingerprint density at radius 1 is 1.11 bits per heavy atom. The van der Waals surface area contributed by atoms with Crippen LogP contribution in [0, 0.1) is 11.6 Å². The molecule has 0 saturated carbocycles. The first-order chi connectivity index (χ1) is 22.7. The number of carbonyl (C=O) groups is 4. The van der Waals surface area contributed by atoms with Crippen LogP contribution < -0.4 is 15.5 Å². The predicted molar refractivity (Wildman–Crippen MR) is 157 cm³/mol. The Morgan fingerprint density at radius 2 is 1.87 bits per heavy atom. The van der Waals surface area contributed by atoms with Crippen molar-refractivity contribution < 1.29 is 52.0 Å².